The smallest absolute Gasteiger partial charge is 0.262 e. The second-order valence-corrected chi connectivity index (χ2v) is 10.6. The van der Waals surface area contributed by atoms with Gasteiger partial charge in [0.15, 0.2) is 0 Å². The highest BCUT2D eigenvalue weighted by Crippen LogP contribution is 2.32. The summed E-state index contributed by atoms with van der Waals surface area (Å²) in [6.07, 6.45) is 2.64. The molecule has 0 radical (unpaired) electrons. The number of likely N-dealkylation sites (tertiary alicyclic amines) is 1. The van der Waals surface area contributed by atoms with Crippen molar-refractivity contribution in [3.8, 4) is 0 Å². The van der Waals surface area contributed by atoms with Crippen molar-refractivity contribution in [1.29, 1.82) is 0 Å². The maximum absolute atomic E-state index is 14.2. The Morgan fingerprint density at radius 1 is 1.12 bits per heavy atom. The summed E-state index contributed by atoms with van der Waals surface area (Å²) in [7, 11) is 0. The van der Waals surface area contributed by atoms with Gasteiger partial charge >= 0.3 is 0 Å². The lowest BCUT2D eigenvalue weighted by atomic mass is 9.94. The second-order valence-electron chi connectivity index (χ2n) is 10.2. The van der Waals surface area contributed by atoms with Crippen LogP contribution in [0.4, 0.5) is 4.39 Å². The molecule has 34 heavy (non-hydrogen) atoms. The van der Waals surface area contributed by atoms with Gasteiger partial charge < -0.3 is 10.2 Å². The van der Waals surface area contributed by atoms with Gasteiger partial charge in [-0.3, -0.25) is 14.5 Å². The van der Waals surface area contributed by atoms with Gasteiger partial charge in [0.1, 0.15) is 5.82 Å². The molecule has 2 atom stereocenters. The quantitative estimate of drug-likeness (QED) is 0.626. The first-order chi connectivity index (χ1) is 16.1. The summed E-state index contributed by atoms with van der Waals surface area (Å²) in [4.78, 5) is 29.5. The number of carbonyl (C=O) groups is 2. The van der Waals surface area contributed by atoms with E-state index in [1.807, 2.05) is 57.3 Å². The highest BCUT2D eigenvalue weighted by atomic mass is 35.5. The minimum atomic E-state index is -0.598. The van der Waals surface area contributed by atoms with Gasteiger partial charge in [-0.15, -0.1) is 0 Å². The Hall–Kier alpha value is -2.70. The van der Waals surface area contributed by atoms with E-state index < -0.39 is 17.1 Å². The van der Waals surface area contributed by atoms with Gasteiger partial charge in [0.2, 0.25) is 5.91 Å². The van der Waals surface area contributed by atoms with Crippen molar-refractivity contribution < 1.29 is 14.0 Å². The lowest BCUT2D eigenvalue weighted by Gasteiger charge is -2.27. The molecule has 2 aromatic rings. The number of hydrogen-bond donors (Lipinski definition) is 1. The van der Waals surface area contributed by atoms with Crippen LogP contribution in [0.25, 0.3) is 0 Å². The zero-order valence-electron chi connectivity index (χ0n) is 19.9. The van der Waals surface area contributed by atoms with E-state index in [2.05, 4.69) is 10.2 Å². The third-order valence-corrected chi connectivity index (χ3v) is 6.82. The molecule has 2 aliphatic rings. The number of benzene rings is 2. The Labute approximate surface area is 205 Å². The molecule has 2 aromatic carbocycles. The van der Waals surface area contributed by atoms with Crippen LogP contribution in [0.3, 0.4) is 0 Å². The van der Waals surface area contributed by atoms with E-state index in [1.54, 1.807) is 4.90 Å². The molecule has 0 bridgehead atoms. The minimum Gasteiger partial charge on any atom is -0.349 e. The molecule has 4 rings (SSSR count). The largest absolute Gasteiger partial charge is 0.349 e. The third kappa shape index (κ3) is 5.34. The first-order valence-electron chi connectivity index (χ1n) is 11.7. The van der Waals surface area contributed by atoms with E-state index in [9.17, 15) is 14.0 Å². The molecule has 1 N–H and O–H groups in total. The third-order valence-electron chi connectivity index (χ3n) is 6.51. The zero-order valence-corrected chi connectivity index (χ0v) is 20.6. The highest BCUT2D eigenvalue weighted by molar-refractivity contribution is 6.33. The minimum absolute atomic E-state index is 0.0308. The highest BCUT2D eigenvalue weighted by Gasteiger charge is 2.36. The lowest BCUT2D eigenvalue weighted by Crippen LogP contribution is -2.39. The number of fused-ring (bicyclic) bond motifs is 1. The lowest BCUT2D eigenvalue weighted by molar-refractivity contribution is -0.129. The second kappa shape index (κ2) is 9.88. The van der Waals surface area contributed by atoms with Gasteiger partial charge in [-0.2, -0.15) is 0 Å². The average Bonchev–Trinajstić information content (AvgIpc) is 3.35. The van der Waals surface area contributed by atoms with E-state index in [-0.39, 0.29) is 28.5 Å². The van der Waals surface area contributed by atoms with Gasteiger partial charge in [0, 0.05) is 43.7 Å². The molecular formula is C27H31ClFN3O2. The normalized spacial score (nSPS) is 19.0. The molecule has 0 saturated carbocycles. The zero-order chi connectivity index (χ0) is 24.5. The van der Waals surface area contributed by atoms with Gasteiger partial charge in [0.05, 0.1) is 16.6 Å². The van der Waals surface area contributed by atoms with Crippen molar-refractivity contribution in [2.45, 2.75) is 33.2 Å². The molecule has 7 heteroatoms. The van der Waals surface area contributed by atoms with Crippen LogP contribution in [-0.2, 0) is 4.79 Å². The van der Waals surface area contributed by atoms with Crippen LogP contribution >= 0.6 is 11.6 Å². The molecule has 180 valence electrons. The Bertz CT molecular complexity index is 1080. The van der Waals surface area contributed by atoms with Crippen LogP contribution in [-0.4, -0.2) is 47.8 Å². The molecule has 5 nitrogen and oxygen atoms in total. The predicted octanol–water partition coefficient (Wildman–Crippen LogP) is 5.04. The van der Waals surface area contributed by atoms with Gasteiger partial charge in [-0.25, -0.2) is 4.39 Å². The average molecular weight is 484 g/mol. The Morgan fingerprint density at radius 3 is 2.50 bits per heavy atom. The molecule has 1 saturated heterocycles. The van der Waals surface area contributed by atoms with E-state index in [4.69, 9.17) is 11.6 Å². The number of rotatable bonds is 6. The Balaban J connectivity index is 1.39. The summed E-state index contributed by atoms with van der Waals surface area (Å²) in [5, 5.41) is 3.35. The molecule has 1 unspecified atom stereocenters. The van der Waals surface area contributed by atoms with Crippen molar-refractivity contribution in [3.63, 3.8) is 0 Å². The van der Waals surface area contributed by atoms with Crippen molar-refractivity contribution in [1.82, 2.24) is 15.1 Å². The number of halogens is 2. The monoisotopic (exact) mass is 483 g/mol. The number of amides is 2. The first-order valence-corrected chi connectivity index (χ1v) is 12.0. The number of nitrogens with one attached hydrogen (secondary N) is 1. The summed E-state index contributed by atoms with van der Waals surface area (Å²) < 4.78 is 14.2. The standard InChI is InChI=1S/C27H31ClFN3O2/c1-27(2,3)26(34)30-23(18-8-5-4-6-9-18)12-13-31-14-19-16-32(17-20(19)15-31)25(33)24-21(28)10-7-11-22(24)29/h4-11,16,20,23H,12-15,17H2,1-3H3,(H,30,34)/t20?,23-/m0/s1. The fraction of sp³-hybridized carbons (Fsp3) is 0.407. The van der Waals surface area contributed by atoms with Crippen molar-refractivity contribution >= 4 is 23.4 Å². The molecule has 1 fully saturated rings. The number of carbonyl (C=O) groups excluding carboxylic acids is 2. The molecule has 2 heterocycles. The van der Waals surface area contributed by atoms with Crippen LogP contribution in [0.2, 0.25) is 5.02 Å². The molecule has 2 aliphatic heterocycles. The number of hydrogen-bond acceptors (Lipinski definition) is 3. The van der Waals surface area contributed by atoms with Gasteiger partial charge in [-0.05, 0) is 29.7 Å². The fourth-order valence-electron chi connectivity index (χ4n) is 4.54. The van der Waals surface area contributed by atoms with Crippen molar-refractivity contribution in [2.24, 2.45) is 11.3 Å². The van der Waals surface area contributed by atoms with E-state index >= 15 is 0 Å². The molecule has 0 aromatic heterocycles. The SMILES string of the molecule is CC(C)(C)C(=O)N[C@@H](CCN1CC2=CN(C(=O)c3c(F)cccc3Cl)CC2C1)c1ccccc1. The summed E-state index contributed by atoms with van der Waals surface area (Å²) in [6.45, 7) is 8.69. The summed E-state index contributed by atoms with van der Waals surface area (Å²) >= 11 is 6.09. The molecule has 0 aliphatic carbocycles. The maximum atomic E-state index is 14.2. The van der Waals surface area contributed by atoms with E-state index in [0.29, 0.717) is 6.54 Å². The van der Waals surface area contributed by atoms with Crippen molar-refractivity contribution in [3.05, 3.63) is 82.3 Å². The van der Waals surface area contributed by atoms with Crippen LogP contribution in [0.5, 0.6) is 0 Å². The molecule has 0 spiro atoms. The summed E-state index contributed by atoms with van der Waals surface area (Å²) in [6, 6.07) is 14.3. The van der Waals surface area contributed by atoms with E-state index in [0.717, 1.165) is 31.6 Å². The Morgan fingerprint density at radius 2 is 1.85 bits per heavy atom. The van der Waals surface area contributed by atoms with Gasteiger partial charge in [0.25, 0.3) is 5.91 Å². The van der Waals surface area contributed by atoms with Gasteiger partial charge in [-0.1, -0.05) is 68.8 Å². The van der Waals surface area contributed by atoms with Crippen molar-refractivity contribution in [2.75, 3.05) is 26.2 Å². The predicted molar refractivity (Wildman–Crippen MR) is 132 cm³/mol. The van der Waals surface area contributed by atoms with Crippen LogP contribution in [0.1, 0.15) is 49.2 Å². The summed E-state index contributed by atoms with van der Waals surface area (Å²) in [5.41, 5.74) is 1.74. The first kappa shape index (κ1) is 24.4. The van der Waals surface area contributed by atoms with E-state index in [1.165, 1.54) is 23.8 Å². The Kier molecular flexibility index (Phi) is 7.10. The van der Waals surface area contributed by atoms with Crippen LogP contribution in [0, 0.1) is 17.2 Å². The summed E-state index contributed by atoms with van der Waals surface area (Å²) in [5.74, 6) is -0.735. The van der Waals surface area contributed by atoms with Crippen LogP contribution < -0.4 is 5.32 Å². The molecule has 2 amide bonds. The van der Waals surface area contributed by atoms with Crippen LogP contribution in [0.15, 0.2) is 60.3 Å². The topological polar surface area (TPSA) is 52.7 Å². The number of nitrogens with zero attached hydrogens (tertiary/aromatic N) is 2. The maximum Gasteiger partial charge on any atom is 0.262 e. The molecular weight excluding hydrogens is 453 g/mol. The fourth-order valence-corrected chi connectivity index (χ4v) is 4.79.